The number of hydrogen-bond acceptors (Lipinski definition) is 9. The molecule has 0 N–H and O–H groups in total. The molecule has 2 aliphatic heterocycles. The molecule has 1 aromatic carbocycles. The molecule has 4 heterocycles. The molecule has 3 aliphatic rings. The molecule has 3 aromatic rings. The third-order valence-corrected chi connectivity index (χ3v) is 8.41. The predicted molar refractivity (Wildman–Crippen MR) is 151 cm³/mol. The summed E-state index contributed by atoms with van der Waals surface area (Å²) in [5, 5.41) is 8.09. The Bertz CT molecular complexity index is 1440. The number of carbonyl (C=O) groups excluding carboxylic acids is 1. The first kappa shape index (κ1) is 27.3. The summed E-state index contributed by atoms with van der Waals surface area (Å²) in [5.41, 5.74) is 2.66. The molecule has 1 aliphatic carbocycles. The lowest BCUT2D eigenvalue weighted by atomic mass is 9.61. The molecule has 0 bridgehead atoms. The molecule has 6 rings (SSSR count). The summed E-state index contributed by atoms with van der Waals surface area (Å²) in [5.74, 6) is 1.12. The van der Waals surface area contributed by atoms with Crippen LogP contribution in [0.4, 0.5) is 10.2 Å². The van der Waals surface area contributed by atoms with Gasteiger partial charge >= 0.3 is 0 Å². The van der Waals surface area contributed by atoms with Crippen LogP contribution in [-0.2, 0) is 13.0 Å². The Labute approximate surface area is 239 Å². The van der Waals surface area contributed by atoms with Gasteiger partial charge in [0.2, 0.25) is 0 Å². The second kappa shape index (κ2) is 10.8. The minimum atomic E-state index is -0.510. The van der Waals surface area contributed by atoms with Crippen LogP contribution in [0.5, 0.6) is 17.4 Å². The number of aromatic nitrogens is 4. The van der Waals surface area contributed by atoms with Crippen LogP contribution in [0.15, 0.2) is 36.8 Å². The number of nitrogens with zero attached hydrogens (tertiary/aromatic N) is 7. The number of hydrogen-bond donors (Lipinski definition) is 0. The topological polar surface area (TPSA) is 96.8 Å². The lowest BCUT2D eigenvalue weighted by Gasteiger charge is -2.58. The quantitative estimate of drug-likeness (QED) is 0.403. The molecular weight excluding hydrogens is 525 g/mol. The molecular formula is C30H36FN7O3. The number of halogens is 1. The highest BCUT2D eigenvalue weighted by Crippen LogP contribution is 2.52. The van der Waals surface area contributed by atoms with E-state index < -0.39 is 5.82 Å². The molecule has 10 nitrogen and oxygen atoms in total. The highest BCUT2D eigenvalue weighted by atomic mass is 19.1. The average Bonchev–Trinajstić information content (AvgIpc) is 2.90. The largest absolute Gasteiger partial charge is 0.490 e. The van der Waals surface area contributed by atoms with E-state index in [0.717, 1.165) is 56.9 Å². The van der Waals surface area contributed by atoms with Gasteiger partial charge in [-0.15, -0.1) is 10.2 Å². The van der Waals surface area contributed by atoms with E-state index in [1.807, 2.05) is 33.0 Å². The van der Waals surface area contributed by atoms with E-state index >= 15 is 0 Å². The van der Waals surface area contributed by atoms with Crippen LogP contribution in [0.3, 0.4) is 0 Å². The van der Waals surface area contributed by atoms with Crippen molar-refractivity contribution in [2.24, 2.45) is 5.41 Å². The minimum absolute atomic E-state index is 0.0457. The van der Waals surface area contributed by atoms with Gasteiger partial charge < -0.3 is 24.2 Å². The maximum Gasteiger partial charge on any atom is 0.282 e. The SMILES string of the molecule is CCN(C(=O)c1cc(F)ccc1Oc1nncnc1N1CC2(CC(Oc3ccnc4c3CCN(C)C4)C2)C1)C(C)C. The number of anilines is 1. The van der Waals surface area contributed by atoms with Gasteiger partial charge in [-0.2, -0.15) is 0 Å². The fraction of sp³-hybridized carbons (Fsp3) is 0.500. The van der Waals surface area contributed by atoms with Crippen LogP contribution in [0.1, 0.15) is 55.2 Å². The number of amides is 1. The van der Waals surface area contributed by atoms with E-state index in [2.05, 4.69) is 37.0 Å². The maximum absolute atomic E-state index is 14.2. The summed E-state index contributed by atoms with van der Waals surface area (Å²) in [6, 6.07) is 5.88. The highest BCUT2D eigenvalue weighted by Gasteiger charge is 2.54. The summed E-state index contributed by atoms with van der Waals surface area (Å²) in [6.45, 7) is 9.69. The molecule has 41 heavy (non-hydrogen) atoms. The zero-order valence-corrected chi connectivity index (χ0v) is 24.0. The Hall–Kier alpha value is -3.86. The molecule has 11 heteroatoms. The van der Waals surface area contributed by atoms with Gasteiger partial charge in [0.05, 0.1) is 11.3 Å². The van der Waals surface area contributed by atoms with E-state index in [1.165, 1.54) is 30.1 Å². The lowest BCUT2D eigenvalue weighted by molar-refractivity contribution is -0.0351. The van der Waals surface area contributed by atoms with E-state index in [0.29, 0.717) is 12.4 Å². The van der Waals surface area contributed by atoms with Gasteiger partial charge in [-0.25, -0.2) is 9.37 Å². The molecule has 1 spiro atoms. The monoisotopic (exact) mass is 561 g/mol. The van der Waals surface area contributed by atoms with Gasteiger partial charge in [0.25, 0.3) is 11.8 Å². The fourth-order valence-corrected chi connectivity index (χ4v) is 6.31. The van der Waals surface area contributed by atoms with E-state index in [1.54, 1.807) is 4.90 Å². The van der Waals surface area contributed by atoms with Crippen molar-refractivity contribution in [3.05, 3.63) is 59.4 Å². The Morgan fingerprint density at radius 1 is 1.20 bits per heavy atom. The van der Waals surface area contributed by atoms with Crippen molar-refractivity contribution < 1.29 is 18.7 Å². The number of ether oxygens (including phenoxy) is 2. The molecule has 0 atom stereocenters. The molecule has 216 valence electrons. The third kappa shape index (κ3) is 5.30. The second-order valence-electron chi connectivity index (χ2n) is 11.7. The molecule has 1 saturated carbocycles. The first-order chi connectivity index (χ1) is 19.7. The Kier molecular flexibility index (Phi) is 7.23. The number of fused-ring (bicyclic) bond motifs is 1. The molecule has 1 amide bonds. The fourth-order valence-electron chi connectivity index (χ4n) is 6.31. The number of pyridine rings is 1. The van der Waals surface area contributed by atoms with Crippen LogP contribution in [0.25, 0.3) is 0 Å². The van der Waals surface area contributed by atoms with Gasteiger partial charge in [0.1, 0.15) is 29.7 Å². The second-order valence-corrected chi connectivity index (χ2v) is 11.7. The Morgan fingerprint density at radius 2 is 2.00 bits per heavy atom. The molecule has 0 unspecified atom stereocenters. The van der Waals surface area contributed by atoms with Crippen LogP contribution in [0.2, 0.25) is 0 Å². The third-order valence-electron chi connectivity index (χ3n) is 8.41. The smallest absolute Gasteiger partial charge is 0.282 e. The van der Waals surface area contributed by atoms with E-state index in [9.17, 15) is 9.18 Å². The number of rotatable bonds is 8. The normalized spacial score (nSPS) is 18.0. The van der Waals surface area contributed by atoms with Crippen molar-refractivity contribution in [1.29, 1.82) is 0 Å². The van der Waals surface area contributed by atoms with Crippen LogP contribution in [0, 0.1) is 11.2 Å². The van der Waals surface area contributed by atoms with E-state index in [-0.39, 0.29) is 40.7 Å². The molecule has 1 saturated heterocycles. The number of likely N-dealkylation sites (N-methyl/N-ethyl adjacent to an activating group) is 1. The van der Waals surface area contributed by atoms with Crippen molar-refractivity contribution in [3.63, 3.8) is 0 Å². The first-order valence-corrected chi connectivity index (χ1v) is 14.3. The van der Waals surface area contributed by atoms with Crippen LogP contribution >= 0.6 is 0 Å². The standard InChI is InChI=1S/C30H36FN7O3/c1-5-38(19(2)3)29(39)23-12-20(31)6-7-25(23)41-28-27(33-18-34-35-28)37-16-30(17-37)13-21(14-30)40-26-8-10-32-24-15-36(4)11-9-22(24)26/h6-8,10,12,18-19,21H,5,9,11,13-17H2,1-4H3. The zero-order chi connectivity index (χ0) is 28.7. The molecule has 2 aromatic heterocycles. The van der Waals surface area contributed by atoms with E-state index in [4.69, 9.17) is 9.47 Å². The van der Waals surface area contributed by atoms with Gasteiger partial charge in [-0.3, -0.25) is 9.78 Å². The average molecular weight is 562 g/mol. The van der Waals surface area contributed by atoms with Crippen molar-refractivity contribution in [2.45, 2.75) is 58.7 Å². The van der Waals surface area contributed by atoms with Gasteiger partial charge in [-0.05, 0) is 71.3 Å². The van der Waals surface area contributed by atoms with Crippen LogP contribution < -0.4 is 14.4 Å². The maximum atomic E-state index is 14.2. The van der Waals surface area contributed by atoms with Crippen molar-refractivity contribution in [3.8, 4) is 17.4 Å². The number of carbonyl (C=O) groups is 1. The molecule has 2 fully saturated rings. The predicted octanol–water partition coefficient (Wildman–Crippen LogP) is 4.10. The summed E-state index contributed by atoms with van der Waals surface area (Å²) in [4.78, 5) is 28.3. The van der Waals surface area contributed by atoms with Crippen molar-refractivity contribution in [2.75, 3.05) is 38.1 Å². The van der Waals surface area contributed by atoms with Crippen molar-refractivity contribution in [1.82, 2.24) is 30.0 Å². The Balaban J connectivity index is 1.12. The summed E-state index contributed by atoms with van der Waals surface area (Å²) >= 11 is 0. The minimum Gasteiger partial charge on any atom is -0.490 e. The van der Waals surface area contributed by atoms with Gasteiger partial charge in [0, 0.05) is 55.9 Å². The summed E-state index contributed by atoms with van der Waals surface area (Å²) < 4.78 is 26.7. The van der Waals surface area contributed by atoms with Crippen LogP contribution in [-0.4, -0.2) is 81.2 Å². The summed E-state index contributed by atoms with van der Waals surface area (Å²) in [7, 11) is 2.12. The zero-order valence-electron chi connectivity index (χ0n) is 24.0. The lowest BCUT2D eigenvalue weighted by Crippen LogP contribution is -2.65. The van der Waals surface area contributed by atoms with Gasteiger partial charge in [-0.1, -0.05) is 0 Å². The first-order valence-electron chi connectivity index (χ1n) is 14.3. The Morgan fingerprint density at radius 3 is 2.76 bits per heavy atom. The number of benzene rings is 1. The summed E-state index contributed by atoms with van der Waals surface area (Å²) in [6.07, 6.45) is 6.30. The highest BCUT2D eigenvalue weighted by molar-refractivity contribution is 5.97. The van der Waals surface area contributed by atoms with Crippen molar-refractivity contribution >= 4 is 11.7 Å². The van der Waals surface area contributed by atoms with Gasteiger partial charge in [0.15, 0.2) is 5.82 Å². The molecule has 0 radical (unpaired) electrons.